The van der Waals surface area contributed by atoms with Gasteiger partial charge in [0, 0.05) is 37.4 Å². The normalized spacial score (nSPS) is 16.3. The first-order valence-corrected chi connectivity index (χ1v) is 11.4. The number of pyridine rings is 2. The molecule has 0 amide bonds. The Morgan fingerprint density at radius 3 is 1.55 bits per heavy atom. The quantitative estimate of drug-likeness (QED) is 0.321. The lowest BCUT2D eigenvalue weighted by atomic mass is 10.1. The summed E-state index contributed by atoms with van der Waals surface area (Å²) < 4.78 is 4.64. The van der Waals surface area contributed by atoms with Crippen LogP contribution in [0.3, 0.4) is 0 Å². The maximum absolute atomic E-state index is 3.66. The smallest absolute Gasteiger partial charge is 0.214 e. The van der Waals surface area contributed by atoms with Gasteiger partial charge in [0.2, 0.25) is 11.0 Å². The highest BCUT2D eigenvalue weighted by Crippen LogP contribution is 2.22. The average Bonchev–Trinajstić information content (AvgIpc) is 2.82. The number of hydrogen-bond acceptors (Lipinski definition) is 2. The number of anilines is 2. The van der Waals surface area contributed by atoms with E-state index >= 15 is 0 Å². The molecular weight excluding hydrogens is 380 g/mol. The zero-order valence-electron chi connectivity index (χ0n) is 17.9. The summed E-state index contributed by atoms with van der Waals surface area (Å²) in [5.74, 6) is 0. The van der Waals surface area contributed by atoms with Crippen LogP contribution < -0.4 is 19.8 Å². The molecule has 4 bridgehead atoms. The van der Waals surface area contributed by atoms with Gasteiger partial charge in [0.25, 0.3) is 0 Å². The van der Waals surface area contributed by atoms with Crippen molar-refractivity contribution in [3.05, 3.63) is 85.2 Å². The third kappa shape index (κ3) is 4.24. The molecule has 2 aliphatic heterocycles. The molecule has 0 spiro atoms. The Balaban J connectivity index is 1.49. The van der Waals surface area contributed by atoms with E-state index in [0.717, 1.165) is 26.2 Å². The molecule has 2 aromatic carbocycles. The Hall–Kier alpha value is -3.40. The summed E-state index contributed by atoms with van der Waals surface area (Å²) in [5.41, 5.74) is 4.99. The van der Waals surface area contributed by atoms with E-state index in [0.29, 0.717) is 0 Å². The number of para-hydroxylation sites is 2. The van der Waals surface area contributed by atoms with Crippen molar-refractivity contribution in [2.75, 3.05) is 23.7 Å². The molecule has 4 aromatic rings. The summed E-state index contributed by atoms with van der Waals surface area (Å²) in [4.78, 5) is 0. The van der Waals surface area contributed by atoms with Gasteiger partial charge >= 0.3 is 0 Å². The fourth-order valence-electron chi connectivity index (χ4n) is 4.45. The number of benzene rings is 2. The molecule has 0 aliphatic carbocycles. The summed E-state index contributed by atoms with van der Waals surface area (Å²) in [6, 6.07) is 21.8. The number of fused-ring (bicyclic) bond motifs is 10. The van der Waals surface area contributed by atoms with E-state index < -0.39 is 0 Å². The van der Waals surface area contributed by atoms with Crippen molar-refractivity contribution in [1.82, 2.24) is 0 Å². The first-order chi connectivity index (χ1) is 15.4. The van der Waals surface area contributed by atoms with Crippen molar-refractivity contribution in [3.63, 3.8) is 0 Å². The Morgan fingerprint density at radius 2 is 1.03 bits per heavy atom. The maximum Gasteiger partial charge on any atom is 0.214 e. The second kappa shape index (κ2) is 9.17. The highest BCUT2D eigenvalue weighted by molar-refractivity contribution is 5.89. The molecule has 156 valence electrons. The average molecular weight is 411 g/mol. The maximum atomic E-state index is 3.66. The monoisotopic (exact) mass is 410 g/mol. The number of hydrogen-bond donors (Lipinski definition) is 2. The lowest BCUT2D eigenvalue weighted by Crippen LogP contribution is -2.35. The van der Waals surface area contributed by atoms with Gasteiger partial charge in [-0.15, -0.1) is 0 Å². The van der Waals surface area contributed by atoms with Crippen LogP contribution in [0.5, 0.6) is 0 Å². The molecule has 2 N–H and O–H groups in total. The summed E-state index contributed by atoms with van der Waals surface area (Å²) in [6.45, 7) is 3.72. The van der Waals surface area contributed by atoms with Crippen molar-refractivity contribution >= 4 is 33.2 Å². The molecule has 0 atom stereocenters. The van der Waals surface area contributed by atoms with Crippen LogP contribution in [0.15, 0.2) is 85.2 Å². The second-order valence-electron chi connectivity index (χ2n) is 8.18. The van der Waals surface area contributed by atoms with E-state index in [9.17, 15) is 0 Å². The fraction of sp³-hybridized carbons (Fsp3) is 0.259. The van der Waals surface area contributed by atoms with E-state index in [4.69, 9.17) is 0 Å². The predicted octanol–water partition coefficient (Wildman–Crippen LogP) is 4.83. The van der Waals surface area contributed by atoms with Crippen LogP contribution in [0, 0.1) is 0 Å². The molecule has 2 aromatic heterocycles. The fourth-order valence-corrected chi connectivity index (χ4v) is 4.45. The van der Waals surface area contributed by atoms with Crippen LogP contribution in [-0.2, 0) is 13.1 Å². The lowest BCUT2D eigenvalue weighted by molar-refractivity contribution is -0.665. The molecule has 0 unspecified atom stereocenters. The first-order valence-electron chi connectivity index (χ1n) is 11.4. The number of rotatable bonds is 0. The molecule has 2 aliphatic rings. The Kier molecular flexibility index (Phi) is 5.79. The summed E-state index contributed by atoms with van der Waals surface area (Å²) >= 11 is 0. The van der Waals surface area contributed by atoms with Gasteiger partial charge in [-0.1, -0.05) is 24.3 Å². The molecule has 4 nitrogen and oxygen atoms in total. The van der Waals surface area contributed by atoms with E-state index in [2.05, 4.69) is 105 Å². The second-order valence-corrected chi connectivity index (χ2v) is 8.18. The minimum absolute atomic E-state index is 0.860. The van der Waals surface area contributed by atoms with Crippen molar-refractivity contribution in [2.24, 2.45) is 0 Å². The number of allylic oxidation sites excluding steroid dienone is 2. The third-order valence-corrected chi connectivity index (χ3v) is 6.10. The van der Waals surface area contributed by atoms with Gasteiger partial charge in [0.15, 0.2) is 25.5 Å². The number of nitrogens with one attached hydrogen (secondary N) is 2. The molecule has 0 fully saturated rings. The van der Waals surface area contributed by atoms with E-state index in [1.165, 1.54) is 52.4 Å². The van der Waals surface area contributed by atoms with Crippen LogP contribution >= 0.6 is 0 Å². The van der Waals surface area contributed by atoms with Gasteiger partial charge in [0.1, 0.15) is 0 Å². The van der Waals surface area contributed by atoms with Crippen LogP contribution in [0.1, 0.15) is 19.3 Å². The van der Waals surface area contributed by atoms with Gasteiger partial charge in [-0.2, -0.15) is 9.13 Å². The van der Waals surface area contributed by atoms with Gasteiger partial charge in [-0.3, -0.25) is 0 Å². The van der Waals surface area contributed by atoms with Crippen molar-refractivity contribution in [3.8, 4) is 0 Å². The minimum Gasteiger partial charge on any atom is -0.384 e. The molecule has 4 heterocycles. The van der Waals surface area contributed by atoms with Crippen molar-refractivity contribution in [2.45, 2.75) is 32.4 Å². The van der Waals surface area contributed by atoms with Crippen LogP contribution in [0.25, 0.3) is 21.8 Å². The molecule has 0 radical (unpaired) electrons. The molecule has 31 heavy (non-hydrogen) atoms. The van der Waals surface area contributed by atoms with Crippen LogP contribution in [0.2, 0.25) is 0 Å². The summed E-state index contributed by atoms with van der Waals surface area (Å²) in [5, 5.41) is 9.89. The molecule has 4 heteroatoms. The van der Waals surface area contributed by atoms with Crippen molar-refractivity contribution < 1.29 is 9.13 Å². The van der Waals surface area contributed by atoms with Crippen LogP contribution in [-0.4, -0.2) is 13.1 Å². The molecule has 0 saturated carbocycles. The lowest BCUT2D eigenvalue weighted by Gasteiger charge is -2.10. The largest absolute Gasteiger partial charge is 0.384 e. The zero-order chi connectivity index (χ0) is 20.9. The zero-order valence-corrected chi connectivity index (χ0v) is 17.9. The predicted molar refractivity (Wildman–Crippen MR) is 128 cm³/mol. The number of nitrogens with zero attached hydrogens (tertiary/aromatic N) is 2. The van der Waals surface area contributed by atoms with E-state index in [1.807, 2.05) is 0 Å². The molecular formula is C27H30N4+2. The Labute approximate surface area is 183 Å². The van der Waals surface area contributed by atoms with Crippen molar-refractivity contribution in [1.29, 1.82) is 0 Å². The van der Waals surface area contributed by atoms with Gasteiger partial charge in [-0.25, -0.2) is 0 Å². The van der Waals surface area contributed by atoms with E-state index in [-0.39, 0.29) is 0 Å². The Morgan fingerprint density at radius 1 is 0.548 bits per heavy atom. The molecule has 0 saturated heterocycles. The van der Waals surface area contributed by atoms with Gasteiger partial charge in [0.05, 0.1) is 22.1 Å². The SMILES string of the molecule is C1=C/C[n+]2ccc(c3ccccc32)NCCCCCNc2cc[n+](c3ccccc23)C/1. The molecule has 6 rings (SSSR count). The first kappa shape index (κ1) is 19.6. The van der Waals surface area contributed by atoms with Crippen LogP contribution in [0.4, 0.5) is 11.4 Å². The highest BCUT2D eigenvalue weighted by Gasteiger charge is 2.13. The Bertz CT molecular complexity index is 1130. The standard InChI is InChI=1S/C27H28N4/c1-6-16-28-24-14-20-30(26-12-4-2-10-22(24)26)18-8-9-19-31-21-15-25(29-17-7-1)23-11-3-5-13-27(23)31/h2-5,8-15,20-21H,1,6-7,16-19H2/p+2/b9-8+,28-24?,29-25?. The third-order valence-electron chi connectivity index (χ3n) is 6.10. The minimum atomic E-state index is 0.860. The van der Waals surface area contributed by atoms with E-state index in [1.54, 1.807) is 0 Å². The summed E-state index contributed by atoms with van der Waals surface area (Å²) in [6.07, 6.45) is 12.5. The summed E-state index contributed by atoms with van der Waals surface area (Å²) in [7, 11) is 0. The topological polar surface area (TPSA) is 31.8 Å². The highest BCUT2D eigenvalue weighted by atomic mass is 15.0. The van der Waals surface area contributed by atoms with Gasteiger partial charge < -0.3 is 10.6 Å². The van der Waals surface area contributed by atoms with Gasteiger partial charge in [-0.05, 0) is 43.5 Å². The number of aromatic nitrogens is 2.